The third kappa shape index (κ3) is 1.87. The molecule has 1 aromatic heterocycles. The molecule has 102 valence electrons. The number of aromatic nitrogens is 1. The van der Waals surface area contributed by atoms with E-state index in [2.05, 4.69) is 17.1 Å². The van der Waals surface area contributed by atoms with Crippen molar-refractivity contribution in [2.45, 2.75) is 18.3 Å². The SMILES string of the molecule is O=C(c1cccc2cnccc12)C1(c2ccccc2)CC1. The van der Waals surface area contributed by atoms with E-state index in [1.165, 1.54) is 0 Å². The van der Waals surface area contributed by atoms with Crippen molar-refractivity contribution in [2.24, 2.45) is 0 Å². The van der Waals surface area contributed by atoms with Crippen LogP contribution >= 0.6 is 0 Å². The van der Waals surface area contributed by atoms with Crippen LogP contribution in [0.5, 0.6) is 0 Å². The van der Waals surface area contributed by atoms with Crippen LogP contribution in [0.4, 0.5) is 0 Å². The van der Waals surface area contributed by atoms with Crippen LogP contribution in [0.25, 0.3) is 10.8 Å². The van der Waals surface area contributed by atoms with Gasteiger partial charge in [0.15, 0.2) is 5.78 Å². The molecule has 0 atom stereocenters. The number of hydrogen-bond acceptors (Lipinski definition) is 2. The Balaban J connectivity index is 1.85. The minimum atomic E-state index is -0.307. The molecular weight excluding hydrogens is 258 g/mol. The summed E-state index contributed by atoms with van der Waals surface area (Å²) in [5.74, 6) is 0.241. The molecule has 4 rings (SSSR count). The number of Topliss-reactive ketones (excluding diaryl/α,β-unsaturated/α-hetero) is 1. The summed E-state index contributed by atoms with van der Waals surface area (Å²) in [6, 6.07) is 18.0. The minimum absolute atomic E-state index is 0.241. The van der Waals surface area contributed by atoms with E-state index in [1.807, 2.05) is 48.7 Å². The number of carbonyl (C=O) groups is 1. The van der Waals surface area contributed by atoms with Gasteiger partial charge in [0.05, 0.1) is 5.41 Å². The summed E-state index contributed by atoms with van der Waals surface area (Å²) in [7, 11) is 0. The van der Waals surface area contributed by atoms with Gasteiger partial charge in [0.2, 0.25) is 0 Å². The molecule has 0 saturated heterocycles. The molecule has 3 aromatic rings. The maximum atomic E-state index is 13.1. The second-order valence-electron chi connectivity index (χ2n) is 5.68. The fraction of sp³-hybridized carbons (Fsp3) is 0.158. The first-order valence-corrected chi connectivity index (χ1v) is 7.24. The predicted octanol–water partition coefficient (Wildman–Crippen LogP) is 4.15. The molecule has 0 aliphatic heterocycles. The van der Waals surface area contributed by atoms with Gasteiger partial charge in [-0.3, -0.25) is 9.78 Å². The van der Waals surface area contributed by atoms with Crippen LogP contribution in [0.1, 0.15) is 28.8 Å². The topological polar surface area (TPSA) is 30.0 Å². The molecule has 1 aliphatic rings. The van der Waals surface area contributed by atoms with Gasteiger partial charge in [-0.15, -0.1) is 0 Å². The van der Waals surface area contributed by atoms with Crippen molar-refractivity contribution >= 4 is 16.6 Å². The zero-order chi connectivity index (χ0) is 14.3. The molecule has 0 unspecified atom stereocenters. The van der Waals surface area contributed by atoms with Gasteiger partial charge < -0.3 is 0 Å². The first-order chi connectivity index (χ1) is 10.3. The molecule has 0 N–H and O–H groups in total. The van der Waals surface area contributed by atoms with E-state index in [1.54, 1.807) is 6.20 Å². The van der Waals surface area contributed by atoms with E-state index in [0.717, 1.165) is 34.7 Å². The van der Waals surface area contributed by atoms with E-state index < -0.39 is 0 Å². The summed E-state index contributed by atoms with van der Waals surface area (Å²) in [6.45, 7) is 0. The molecule has 2 aromatic carbocycles. The molecule has 1 aliphatic carbocycles. The van der Waals surface area contributed by atoms with Gasteiger partial charge in [0.1, 0.15) is 0 Å². The zero-order valence-corrected chi connectivity index (χ0v) is 11.6. The van der Waals surface area contributed by atoms with Gasteiger partial charge in [-0.05, 0) is 29.9 Å². The lowest BCUT2D eigenvalue weighted by molar-refractivity contribution is 0.0947. The lowest BCUT2D eigenvalue weighted by Crippen LogP contribution is -2.20. The summed E-state index contributed by atoms with van der Waals surface area (Å²) in [4.78, 5) is 17.3. The Morgan fingerprint density at radius 3 is 2.52 bits per heavy atom. The maximum absolute atomic E-state index is 13.1. The summed E-state index contributed by atoms with van der Waals surface area (Å²) in [5.41, 5.74) is 1.65. The molecular formula is C19H15NO. The number of fused-ring (bicyclic) bond motifs is 1. The highest BCUT2D eigenvalue weighted by molar-refractivity contribution is 6.14. The summed E-state index contributed by atoms with van der Waals surface area (Å²) >= 11 is 0. The largest absolute Gasteiger partial charge is 0.293 e. The molecule has 1 saturated carbocycles. The monoisotopic (exact) mass is 273 g/mol. The molecule has 1 fully saturated rings. The van der Waals surface area contributed by atoms with Crippen LogP contribution in [0, 0.1) is 0 Å². The number of ketones is 1. The standard InChI is InChI=1S/C19H15NO/c21-18(19(10-11-19)15-6-2-1-3-7-15)17-8-4-5-14-13-20-12-9-16(14)17/h1-9,12-13H,10-11H2. The molecule has 21 heavy (non-hydrogen) atoms. The Hall–Kier alpha value is -2.48. The van der Waals surface area contributed by atoms with Crippen molar-refractivity contribution < 1.29 is 4.79 Å². The number of benzene rings is 2. The molecule has 2 heteroatoms. The van der Waals surface area contributed by atoms with Gasteiger partial charge in [-0.2, -0.15) is 0 Å². The van der Waals surface area contributed by atoms with Gasteiger partial charge >= 0.3 is 0 Å². The van der Waals surface area contributed by atoms with E-state index in [-0.39, 0.29) is 11.2 Å². The van der Waals surface area contributed by atoms with Crippen LogP contribution in [-0.2, 0) is 5.41 Å². The van der Waals surface area contributed by atoms with Gasteiger partial charge in [-0.1, -0.05) is 48.5 Å². The highest BCUT2D eigenvalue weighted by Crippen LogP contribution is 2.50. The summed E-state index contributed by atoms with van der Waals surface area (Å²) < 4.78 is 0. The predicted molar refractivity (Wildman–Crippen MR) is 83.4 cm³/mol. The van der Waals surface area contributed by atoms with E-state index in [4.69, 9.17) is 0 Å². The zero-order valence-electron chi connectivity index (χ0n) is 11.6. The Morgan fingerprint density at radius 2 is 1.76 bits per heavy atom. The Morgan fingerprint density at radius 1 is 0.952 bits per heavy atom. The number of pyridine rings is 1. The van der Waals surface area contributed by atoms with E-state index >= 15 is 0 Å². The van der Waals surface area contributed by atoms with E-state index in [9.17, 15) is 4.79 Å². The third-order valence-electron chi connectivity index (χ3n) is 4.44. The molecule has 0 amide bonds. The van der Waals surface area contributed by atoms with Gasteiger partial charge in [0.25, 0.3) is 0 Å². The van der Waals surface area contributed by atoms with Gasteiger partial charge in [0, 0.05) is 23.3 Å². The van der Waals surface area contributed by atoms with Crippen LogP contribution < -0.4 is 0 Å². The second-order valence-corrected chi connectivity index (χ2v) is 5.68. The van der Waals surface area contributed by atoms with Crippen molar-refractivity contribution in [1.29, 1.82) is 0 Å². The van der Waals surface area contributed by atoms with Crippen LogP contribution in [0.15, 0.2) is 67.0 Å². The van der Waals surface area contributed by atoms with Gasteiger partial charge in [-0.25, -0.2) is 0 Å². The van der Waals surface area contributed by atoms with Crippen molar-refractivity contribution in [3.63, 3.8) is 0 Å². The van der Waals surface area contributed by atoms with Crippen LogP contribution in [0.3, 0.4) is 0 Å². The third-order valence-corrected chi connectivity index (χ3v) is 4.44. The molecule has 0 bridgehead atoms. The number of hydrogen-bond donors (Lipinski definition) is 0. The van der Waals surface area contributed by atoms with E-state index in [0.29, 0.717) is 0 Å². The number of carbonyl (C=O) groups excluding carboxylic acids is 1. The lowest BCUT2D eigenvalue weighted by Gasteiger charge is -2.16. The molecule has 0 radical (unpaired) electrons. The summed E-state index contributed by atoms with van der Waals surface area (Å²) in [6.07, 6.45) is 5.45. The van der Waals surface area contributed by atoms with Crippen LogP contribution in [-0.4, -0.2) is 10.8 Å². The summed E-state index contributed by atoms with van der Waals surface area (Å²) in [5, 5.41) is 2.02. The molecule has 0 spiro atoms. The average Bonchev–Trinajstić information content (AvgIpc) is 3.36. The maximum Gasteiger partial charge on any atom is 0.173 e. The number of nitrogens with zero attached hydrogens (tertiary/aromatic N) is 1. The molecule has 2 nitrogen and oxygen atoms in total. The number of rotatable bonds is 3. The van der Waals surface area contributed by atoms with Crippen LogP contribution in [0.2, 0.25) is 0 Å². The van der Waals surface area contributed by atoms with Crippen molar-refractivity contribution in [3.8, 4) is 0 Å². The second kappa shape index (κ2) is 4.52. The Bertz CT molecular complexity index is 814. The molecule has 1 heterocycles. The van der Waals surface area contributed by atoms with Crippen molar-refractivity contribution in [1.82, 2.24) is 4.98 Å². The fourth-order valence-corrected chi connectivity index (χ4v) is 3.11. The fourth-order valence-electron chi connectivity index (χ4n) is 3.11. The minimum Gasteiger partial charge on any atom is -0.293 e. The lowest BCUT2D eigenvalue weighted by atomic mass is 9.86. The van der Waals surface area contributed by atoms with Crippen molar-refractivity contribution in [2.75, 3.05) is 0 Å². The Kier molecular flexibility index (Phi) is 2.64. The smallest absolute Gasteiger partial charge is 0.173 e. The highest BCUT2D eigenvalue weighted by Gasteiger charge is 2.51. The average molecular weight is 273 g/mol. The normalized spacial score (nSPS) is 15.8. The Labute approximate surface area is 123 Å². The highest BCUT2D eigenvalue weighted by atomic mass is 16.1. The first-order valence-electron chi connectivity index (χ1n) is 7.24. The van der Waals surface area contributed by atoms with Crippen molar-refractivity contribution in [3.05, 3.63) is 78.1 Å². The quantitative estimate of drug-likeness (QED) is 0.671. The first kappa shape index (κ1) is 12.3.